The molecule has 0 bridgehead atoms. The van der Waals surface area contributed by atoms with Crippen LogP contribution in [0.25, 0.3) is 5.82 Å². The molecule has 130 valence electrons. The molecule has 3 heterocycles. The zero-order valence-electron chi connectivity index (χ0n) is 14.0. The molecule has 8 nitrogen and oxygen atoms in total. The second-order valence-corrected chi connectivity index (χ2v) is 6.04. The number of nitrogens with zero attached hydrogens (tertiary/aromatic N) is 4. The van der Waals surface area contributed by atoms with Gasteiger partial charge in [-0.25, -0.2) is 0 Å². The molecule has 3 aromatic rings. The number of hydrogen-bond acceptors (Lipinski definition) is 5. The molecular formula is C18H16N6O2. The molecule has 2 amide bonds. The summed E-state index contributed by atoms with van der Waals surface area (Å²) in [6.07, 6.45) is 1.67. The Morgan fingerprint density at radius 2 is 2.04 bits per heavy atom. The van der Waals surface area contributed by atoms with Crippen molar-refractivity contribution in [2.45, 2.75) is 19.3 Å². The van der Waals surface area contributed by atoms with Crippen molar-refractivity contribution in [3.05, 3.63) is 59.9 Å². The third-order valence-electron chi connectivity index (χ3n) is 4.21. The minimum absolute atomic E-state index is 0.0985. The molecule has 0 saturated carbocycles. The second-order valence-electron chi connectivity index (χ2n) is 6.04. The maximum absolute atomic E-state index is 12.8. The average molecular weight is 348 g/mol. The van der Waals surface area contributed by atoms with Gasteiger partial charge in [-0.15, -0.1) is 5.10 Å². The zero-order chi connectivity index (χ0) is 18.1. The molecule has 0 fully saturated rings. The summed E-state index contributed by atoms with van der Waals surface area (Å²) in [4.78, 5) is 24.8. The van der Waals surface area contributed by atoms with E-state index >= 15 is 0 Å². The van der Waals surface area contributed by atoms with Crippen molar-refractivity contribution < 1.29 is 9.59 Å². The van der Waals surface area contributed by atoms with E-state index in [1.165, 1.54) is 4.68 Å². The van der Waals surface area contributed by atoms with Gasteiger partial charge in [0.05, 0.1) is 17.8 Å². The van der Waals surface area contributed by atoms with E-state index in [0.29, 0.717) is 17.3 Å². The van der Waals surface area contributed by atoms with E-state index in [0.717, 1.165) is 11.3 Å². The topological polar surface area (TPSA) is 102 Å². The van der Waals surface area contributed by atoms with Crippen LogP contribution in [0.1, 0.15) is 23.6 Å². The molecule has 1 aromatic carbocycles. The highest BCUT2D eigenvalue weighted by molar-refractivity contribution is 6.04. The SMILES string of the molecule is Cc1ccc(-n2nccc2NC(=O)[C@H]2CC(=O)Nc3ccccc32)nn1. The lowest BCUT2D eigenvalue weighted by molar-refractivity contribution is -0.123. The summed E-state index contributed by atoms with van der Waals surface area (Å²) >= 11 is 0. The Hall–Kier alpha value is -3.55. The maximum atomic E-state index is 12.8. The smallest absolute Gasteiger partial charge is 0.233 e. The van der Waals surface area contributed by atoms with Crippen molar-refractivity contribution in [1.82, 2.24) is 20.0 Å². The summed E-state index contributed by atoms with van der Waals surface area (Å²) in [5, 5.41) is 17.9. The summed E-state index contributed by atoms with van der Waals surface area (Å²) in [5.74, 6) is -0.0439. The molecule has 1 aliphatic heterocycles. The Labute approximate surface area is 149 Å². The van der Waals surface area contributed by atoms with E-state index in [1.54, 1.807) is 24.4 Å². The van der Waals surface area contributed by atoms with E-state index in [2.05, 4.69) is 25.9 Å². The Morgan fingerprint density at radius 1 is 1.19 bits per heavy atom. The first-order valence-electron chi connectivity index (χ1n) is 8.16. The highest BCUT2D eigenvalue weighted by atomic mass is 16.2. The minimum atomic E-state index is -0.563. The second kappa shape index (κ2) is 6.40. The van der Waals surface area contributed by atoms with Gasteiger partial charge in [0, 0.05) is 18.2 Å². The van der Waals surface area contributed by atoms with Crippen LogP contribution in [0.15, 0.2) is 48.7 Å². The third-order valence-corrected chi connectivity index (χ3v) is 4.21. The number of benzene rings is 1. The highest BCUT2D eigenvalue weighted by Gasteiger charge is 2.31. The van der Waals surface area contributed by atoms with Crippen LogP contribution in [0.4, 0.5) is 11.5 Å². The molecule has 1 aliphatic rings. The molecule has 0 radical (unpaired) electrons. The number of rotatable bonds is 3. The van der Waals surface area contributed by atoms with Gasteiger partial charge in [-0.3, -0.25) is 9.59 Å². The van der Waals surface area contributed by atoms with E-state index in [-0.39, 0.29) is 18.2 Å². The fraction of sp³-hybridized carbons (Fsp3) is 0.167. The van der Waals surface area contributed by atoms with Gasteiger partial charge in [0.15, 0.2) is 5.82 Å². The molecule has 0 aliphatic carbocycles. The van der Waals surface area contributed by atoms with Crippen molar-refractivity contribution in [1.29, 1.82) is 0 Å². The van der Waals surface area contributed by atoms with E-state index in [4.69, 9.17) is 0 Å². The maximum Gasteiger partial charge on any atom is 0.233 e. The van der Waals surface area contributed by atoms with Crippen molar-refractivity contribution >= 4 is 23.3 Å². The van der Waals surface area contributed by atoms with E-state index in [1.807, 2.05) is 31.2 Å². The van der Waals surface area contributed by atoms with Crippen molar-refractivity contribution in [2.24, 2.45) is 0 Å². The molecule has 0 unspecified atom stereocenters. The van der Waals surface area contributed by atoms with Crippen LogP contribution in [-0.4, -0.2) is 31.8 Å². The summed E-state index contributed by atoms with van der Waals surface area (Å²) in [7, 11) is 0. The number of hydrogen-bond donors (Lipinski definition) is 2. The van der Waals surface area contributed by atoms with E-state index < -0.39 is 5.92 Å². The molecule has 26 heavy (non-hydrogen) atoms. The van der Waals surface area contributed by atoms with E-state index in [9.17, 15) is 9.59 Å². The van der Waals surface area contributed by atoms with Gasteiger partial charge in [0.25, 0.3) is 0 Å². The van der Waals surface area contributed by atoms with Gasteiger partial charge in [-0.05, 0) is 30.7 Å². The Bertz CT molecular complexity index is 979. The lowest BCUT2D eigenvalue weighted by atomic mass is 9.90. The standard InChI is InChI=1S/C18H16N6O2/c1-11-6-7-16(23-22-11)24-15(8-9-19-24)21-18(26)13-10-17(25)20-14-5-3-2-4-12(13)14/h2-9,13H,10H2,1H3,(H,20,25)(H,21,26)/t13-/m0/s1. The van der Waals surface area contributed by atoms with Crippen LogP contribution in [0.3, 0.4) is 0 Å². The quantitative estimate of drug-likeness (QED) is 0.754. The number of amides is 2. The first-order chi connectivity index (χ1) is 12.6. The molecule has 0 saturated heterocycles. The van der Waals surface area contributed by atoms with Crippen LogP contribution < -0.4 is 10.6 Å². The Morgan fingerprint density at radius 3 is 2.85 bits per heavy atom. The lowest BCUT2D eigenvalue weighted by Crippen LogP contribution is -2.31. The van der Waals surface area contributed by atoms with Gasteiger partial charge in [0.2, 0.25) is 11.8 Å². The highest BCUT2D eigenvalue weighted by Crippen LogP contribution is 2.32. The number of nitrogens with one attached hydrogen (secondary N) is 2. The summed E-state index contributed by atoms with van der Waals surface area (Å²) < 4.78 is 1.50. The predicted octanol–water partition coefficient (Wildman–Crippen LogP) is 2.04. The van der Waals surface area contributed by atoms with Gasteiger partial charge in [-0.2, -0.15) is 14.9 Å². The monoisotopic (exact) mass is 348 g/mol. The number of fused-ring (bicyclic) bond motifs is 1. The van der Waals surface area contributed by atoms with Crippen LogP contribution in [0.2, 0.25) is 0 Å². The molecule has 2 aromatic heterocycles. The molecule has 8 heteroatoms. The fourth-order valence-electron chi connectivity index (χ4n) is 2.94. The first kappa shape index (κ1) is 15.9. The normalized spacial score (nSPS) is 15.9. The van der Waals surface area contributed by atoms with Crippen molar-refractivity contribution in [2.75, 3.05) is 10.6 Å². The Balaban J connectivity index is 1.61. The third kappa shape index (κ3) is 2.92. The van der Waals surface area contributed by atoms with Crippen molar-refractivity contribution in [3.8, 4) is 5.82 Å². The largest absolute Gasteiger partial charge is 0.326 e. The summed E-state index contributed by atoms with van der Waals surface area (Å²) in [5.41, 5.74) is 2.25. The predicted molar refractivity (Wildman–Crippen MR) is 95.0 cm³/mol. The molecule has 0 spiro atoms. The summed E-state index contributed by atoms with van der Waals surface area (Å²) in [6.45, 7) is 1.84. The number of carbonyl (C=O) groups excluding carboxylic acids is 2. The number of aromatic nitrogens is 4. The molecule has 1 atom stereocenters. The van der Waals surface area contributed by atoms with Crippen LogP contribution >= 0.6 is 0 Å². The molecule has 2 N–H and O–H groups in total. The fourth-order valence-corrected chi connectivity index (χ4v) is 2.94. The number of anilines is 2. The average Bonchev–Trinajstić information content (AvgIpc) is 3.09. The minimum Gasteiger partial charge on any atom is -0.326 e. The number of para-hydroxylation sites is 1. The van der Waals surface area contributed by atoms with Crippen LogP contribution in [-0.2, 0) is 9.59 Å². The summed E-state index contributed by atoms with van der Waals surface area (Å²) in [6, 6.07) is 12.6. The molecular weight excluding hydrogens is 332 g/mol. The van der Waals surface area contributed by atoms with Crippen LogP contribution in [0.5, 0.6) is 0 Å². The van der Waals surface area contributed by atoms with Gasteiger partial charge in [-0.1, -0.05) is 18.2 Å². The van der Waals surface area contributed by atoms with Gasteiger partial charge < -0.3 is 10.6 Å². The van der Waals surface area contributed by atoms with Crippen molar-refractivity contribution in [3.63, 3.8) is 0 Å². The Kier molecular flexibility index (Phi) is 3.92. The number of carbonyl (C=O) groups is 2. The number of aryl methyl sites for hydroxylation is 1. The van der Waals surface area contributed by atoms with Gasteiger partial charge >= 0.3 is 0 Å². The zero-order valence-corrected chi connectivity index (χ0v) is 14.0. The van der Waals surface area contributed by atoms with Gasteiger partial charge in [0.1, 0.15) is 5.82 Å². The first-order valence-corrected chi connectivity index (χ1v) is 8.16. The lowest BCUT2D eigenvalue weighted by Gasteiger charge is -2.24. The van der Waals surface area contributed by atoms with Crippen LogP contribution in [0, 0.1) is 6.92 Å². The molecule has 4 rings (SSSR count).